The summed E-state index contributed by atoms with van der Waals surface area (Å²) in [6.07, 6.45) is 5.05. The summed E-state index contributed by atoms with van der Waals surface area (Å²) in [4.78, 5) is 22.5. The average Bonchev–Trinajstić information content (AvgIpc) is 2.82. The molecule has 0 fully saturated rings. The van der Waals surface area contributed by atoms with Crippen molar-refractivity contribution in [3.05, 3.63) is 106 Å². The molecule has 3 aromatic carbocycles. The van der Waals surface area contributed by atoms with E-state index in [1.807, 2.05) is 30.4 Å². The van der Waals surface area contributed by atoms with Crippen LogP contribution in [0.25, 0.3) is 17.7 Å². The van der Waals surface area contributed by atoms with E-state index in [9.17, 15) is 14.9 Å². The number of ether oxygens (including phenoxy) is 3. The second-order valence-corrected chi connectivity index (χ2v) is 6.61. The first-order chi connectivity index (χ1) is 15.5. The van der Waals surface area contributed by atoms with Gasteiger partial charge in [-0.2, -0.15) is 0 Å². The molecule has 7 nitrogen and oxygen atoms in total. The Morgan fingerprint density at radius 2 is 1.62 bits per heavy atom. The Kier molecular flexibility index (Phi) is 7.37. The molecule has 0 unspecified atom stereocenters. The van der Waals surface area contributed by atoms with Crippen molar-refractivity contribution in [1.82, 2.24) is 0 Å². The number of benzene rings is 3. The van der Waals surface area contributed by atoms with Crippen LogP contribution in [-0.4, -0.2) is 25.1 Å². The maximum Gasteiger partial charge on any atom is 0.341 e. The molecule has 0 aromatic heterocycles. The zero-order valence-electron chi connectivity index (χ0n) is 17.6. The molecule has 0 saturated carbocycles. The molecule has 0 amide bonds. The molecule has 0 radical (unpaired) electrons. The Balaban J connectivity index is 1.83. The highest BCUT2D eigenvalue weighted by Crippen LogP contribution is 2.31. The van der Waals surface area contributed by atoms with Gasteiger partial charge in [0.05, 0.1) is 25.4 Å². The lowest BCUT2D eigenvalue weighted by molar-refractivity contribution is -0.384. The van der Waals surface area contributed by atoms with E-state index in [-0.39, 0.29) is 11.3 Å². The van der Waals surface area contributed by atoms with E-state index in [1.54, 1.807) is 42.5 Å². The summed E-state index contributed by atoms with van der Waals surface area (Å²) >= 11 is 0. The summed E-state index contributed by atoms with van der Waals surface area (Å²) in [5.41, 5.74) is 2.52. The van der Waals surface area contributed by atoms with E-state index >= 15 is 0 Å². The monoisotopic (exact) mass is 431 g/mol. The van der Waals surface area contributed by atoms with Gasteiger partial charge in [-0.1, -0.05) is 42.5 Å². The van der Waals surface area contributed by atoms with Crippen molar-refractivity contribution in [3.8, 4) is 11.5 Å². The second-order valence-electron chi connectivity index (χ2n) is 6.61. The van der Waals surface area contributed by atoms with Gasteiger partial charge in [0.15, 0.2) is 0 Å². The number of rotatable bonds is 8. The third-order valence-corrected chi connectivity index (χ3v) is 4.48. The fraction of sp³-hybridized carbons (Fsp3) is 0.0800. The van der Waals surface area contributed by atoms with Crippen LogP contribution in [-0.2, 0) is 14.3 Å². The fourth-order valence-electron chi connectivity index (χ4n) is 2.94. The molecule has 3 rings (SSSR count). The molecule has 0 spiro atoms. The van der Waals surface area contributed by atoms with Gasteiger partial charge in [0.1, 0.15) is 17.1 Å². The number of nitro groups is 1. The van der Waals surface area contributed by atoms with Crippen molar-refractivity contribution >= 4 is 29.4 Å². The Bertz CT molecular complexity index is 1170. The molecule has 0 aliphatic rings. The number of hydrogen-bond acceptors (Lipinski definition) is 6. The topological polar surface area (TPSA) is 87.9 Å². The molecule has 162 valence electrons. The molecular formula is C25H21NO6. The Morgan fingerprint density at radius 1 is 0.906 bits per heavy atom. The number of hydrogen-bond donors (Lipinski definition) is 0. The number of para-hydroxylation sites is 1. The van der Waals surface area contributed by atoms with Crippen LogP contribution in [0.3, 0.4) is 0 Å². The summed E-state index contributed by atoms with van der Waals surface area (Å²) in [7, 11) is 2.75. The normalized spacial score (nSPS) is 11.2. The highest BCUT2D eigenvalue weighted by Gasteiger charge is 2.18. The summed E-state index contributed by atoms with van der Waals surface area (Å²) < 4.78 is 15.9. The summed E-state index contributed by atoms with van der Waals surface area (Å²) in [5.74, 6) is 0.505. The van der Waals surface area contributed by atoms with Gasteiger partial charge in [0.25, 0.3) is 5.69 Å². The fourth-order valence-corrected chi connectivity index (χ4v) is 2.94. The lowest BCUT2D eigenvalue weighted by atomic mass is 10.1. The minimum Gasteiger partial charge on any atom is -0.503 e. The SMILES string of the molecule is CO/C=C(\C(=O)OC)c1ccccc1Oc1cccc(C=Cc2ccc([N+](=O)[O-])cc2)c1. The van der Waals surface area contributed by atoms with Gasteiger partial charge in [-0.15, -0.1) is 0 Å². The molecule has 0 heterocycles. The molecule has 0 aliphatic carbocycles. The predicted molar refractivity (Wildman–Crippen MR) is 122 cm³/mol. The quantitative estimate of drug-likeness (QED) is 0.113. The van der Waals surface area contributed by atoms with Crippen molar-refractivity contribution in [2.45, 2.75) is 0 Å². The smallest absolute Gasteiger partial charge is 0.341 e. The molecule has 32 heavy (non-hydrogen) atoms. The molecule has 7 heteroatoms. The highest BCUT2D eigenvalue weighted by molar-refractivity contribution is 6.17. The van der Waals surface area contributed by atoms with Crippen LogP contribution < -0.4 is 4.74 Å². The van der Waals surface area contributed by atoms with E-state index in [4.69, 9.17) is 14.2 Å². The maximum atomic E-state index is 12.2. The minimum atomic E-state index is -0.539. The van der Waals surface area contributed by atoms with Crippen LogP contribution in [0.2, 0.25) is 0 Å². The number of esters is 1. The largest absolute Gasteiger partial charge is 0.503 e. The molecule has 0 N–H and O–H groups in total. The van der Waals surface area contributed by atoms with E-state index < -0.39 is 10.9 Å². The molecular weight excluding hydrogens is 410 g/mol. The predicted octanol–water partition coefficient (Wildman–Crippen LogP) is 5.72. The van der Waals surface area contributed by atoms with Gasteiger partial charge in [-0.25, -0.2) is 4.79 Å². The molecule has 0 aliphatic heterocycles. The number of carbonyl (C=O) groups excluding carboxylic acids is 1. The number of nitrogens with zero attached hydrogens (tertiary/aromatic N) is 1. The van der Waals surface area contributed by atoms with Crippen LogP contribution in [0.15, 0.2) is 79.1 Å². The summed E-state index contributed by atoms with van der Waals surface area (Å²) in [6.45, 7) is 0. The van der Waals surface area contributed by atoms with Crippen LogP contribution in [0.4, 0.5) is 5.69 Å². The third-order valence-electron chi connectivity index (χ3n) is 4.48. The summed E-state index contributed by atoms with van der Waals surface area (Å²) in [5, 5.41) is 10.8. The van der Waals surface area contributed by atoms with E-state index in [1.165, 1.54) is 32.6 Å². The number of carbonyl (C=O) groups is 1. The van der Waals surface area contributed by atoms with Gasteiger partial charge < -0.3 is 14.2 Å². The van der Waals surface area contributed by atoms with E-state index in [0.29, 0.717) is 17.1 Å². The van der Waals surface area contributed by atoms with Crippen molar-refractivity contribution in [3.63, 3.8) is 0 Å². The van der Waals surface area contributed by atoms with Crippen molar-refractivity contribution < 1.29 is 23.9 Å². The van der Waals surface area contributed by atoms with Crippen molar-refractivity contribution in [1.29, 1.82) is 0 Å². The van der Waals surface area contributed by atoms with E-state index in [2.05, 4.69) is 0 Å². The highest BCUT2D eigenvalue weighted by atomic mass is 16.6. The number of non-ortho nitro benzene ring substituents is 1. The molecule has 0 saturated heterocycles. The first kappa shape index (κ1) is 22.3. The minimum absolute atomic E-state index is 0.0464. The van der Waals surface area contributed by atoms with Crippen molar-refractivity contribution in [2.24, 2.45) is 0 Å². The lowest BCUT2D eigenvalue weighted by Gasteiger charge is -2.13. The van der Waals surface area contributed by atoms with Crippen molar-refractivity contribution in [2.75, 3.05) is 14.2 Å². The van der Waals surface area contributed by atoms with E-state index in [0.717, 1.165) is 11.1 Å². The van der Waals surface area contributed by atoms with Crippen LogP contribution >= 0.6 is 0 Å². The van der Waals surface area contributed by atoms with Crippen LogP contribution in [0, 0.1) is 10.1 Å². The van der Waals surface area contributed by atoms with Crippen LogP contribution in [0.5, 0.6) is 11.5 Å². The third kappa shape index (κ3) is 5.60. The lowest BCUT2D eigenvalue weighted by Crippen LogP contribution is -2.05. The van der Waals surface area contributed by atoms with Gasteiger partial charge >= 0.3 is 5.97 Å². The second kappa shape index (κ2) is 10.6. The Labute approximate surface area is 185 Å². The van der Waals surface area contributed by atoms with Gasteiger partial charge in [-0.3, -0.25) is 10.1 Å². The zero-order chi connectivity index (χ0) is 22.9. The standard InChI is InChI=1S/C25H21NO6/c1-30-17-23(25(27)31-2)22-8-3-4-9-24(22)32-21-7-5-6-19(16-21)11-10-18-12-14-20(15-13-18)26(28)29/h3-17H,1-2H3/b11-10?,23-17-. The molecule has 0 atom stereocenters. The van der Waals surface area contributed by atoms with Gasteiger partial charge in [0.2, 0.25) is 0 Å². The average molecular weight is 431 g/mol. The first-order valence-electron chi connectivity index (χ1n) is 9.63. The Hall–Kier alpha value is -4.39. The van der Waals surface area contributed by atoms with Gasteiger partial charge in [-0.05, 0) is 41.5 Å². The number of methoxy groups -OCH3 is 2. The first-order valence-corrected chi connectivity index (χ1v) is 9.63. The van der Waals surface area contributed by atoms with Gasteiger partial charge in [0, 0.05) is 17.7 Å². The Morgan fingerprint density at radius 3 is 2.31 bits per heavy atom. The van der Waals surface area contributed by atoms with Crippen LogP contribution in [0.1, 0.15) is 16.7 Å². The molecule has 0 bridgehead atoms. The molecule has 3 aromatic rings. The zero-order valence-corrected chi connectivity index (χ0v) is 17.6. The number of nitro benzene ring substituents is 1. The summed E-state index contributed by atoms with van der Waals surface area (Å²) in [6, 6.07) is 20.8. The maximum absolute atomic E-state index is 12.2.